The summed E-state index contributed by atoms with van der Waals surface area (Å²) in [5, 5.41) is 16.3. The Morgan fingerprint density at radius 3 is 2.31 bits per heavy atom. The predicted molar refractivity (Wildman–Crippen MR) is 35.1 cm³/mol. The van der Waals surface area contributed by atoms with Crippen molar-refractivity contribution in [2.45, 2.75) is 18.7 Å². The molecule has 13 heavy (non-hydrogen) atoms. The molecule has 0 radical (unpaired) electrons. The average molecular weight is 202 g/mol. The Hall–Kier alpha value is -0.820. The number of halogens is 3. The minimum Gasteiger partial charge on any atom is -0.481 e. The number of ether oxygens (including phenoxy) is 1. The van der Waals surface area contributed by atoms with E-state index in [1.807, 2.05) is 0 Å². The molecule has 2 N–H and O–H groups in total. The molecule has 0 aliphatic heterocycles. The lowest BCUT2D eigenvalue weighted by molar-refractivity contribution is -0.225. The molecule has 1 unspecified atom stereocenters. The first-order chi connectivity index (χ1) is 5.88. The molecule has 0 bridgehead atoms. The number of aliphatic carboxylic acids is 1. The highest BCUT2D eigenvalue weighted by Gasteiger charge is 2.41. The first-order valence-corrected chi connectivity index (χ1v) is 3.39. The van der Waals surface area contributed by atoms with Crippen LogP contribution in [0.1, 0.15) is 6.42 Å². The van der Waals surface area contributed by atoms with Gasteiger partial charge >= 0.3 is 12.1 Å². The van der Waals surface area contributed by atoms with Crippen molar-refractivity contribution in [1.29, 1.82) is 0 Å². The summed E-state index contributed by atoms with van der Waals surface area (Å²) in [4.78, 5) is 9.98. The van der Waals surface area contributed by atoms with Crippen LogP contribution in [0.2, 0.25) is 0 Å². The van der Waals surface area contributed by atoms with Crippen molar-refractivity contribution >= 4 is 5.97 Å². The topological polar surface area (TPSA) is 66.8 Å². The van der Waals surface area contributed by atoms with E-state index in [1.165, 1.54) is 0 Å². The molecule has 0 aliphatic rings. The number of carboxylic acids is 1. The summed E-state index contributed by atoms with van der Waals surface area (Å²) in [5.41, 5.74) is 0. The molecule has 0 rings (SSSR count). The molecule has 0 amide bonds. The lowest BCUT2D eigenvalue weighted by atomic mass is 10.2. The summed E-state index contributed by atoms with van der Waals surface area (Å²) in [6.45, 7) is -1.11. The third-order valence-corrected chi connectivity index (χ3v) is 1.14. The van der Waals surface area contributed by atoms with Crippen molar-refractivity contribution < 1.29 is 32.9 Å². The molecule has 0 saturated carbocycles. The monoisotopic (exact) mass is 202 g/mol. The molecule has 0 aromatic rings. The molecule has 0 aromatic carbocycles. The Kier molecular flexibility index (Phi) is 4.71. The Balaban J connectivity index is 4.11. The number of hydrogen-bond donors (Lipinski definition) is 2. The minimum absolute atomic E-state index is 0.530. The molecule has 1 atom stereocenters. The van der Waals surface area contributed by atoms with Gasteiger partial charge in [0.1, 0.15) is 0 Å². The van der Waals surface area contributed by atoms with Crippen LogP contribution in [0.15, 0.2) is 0 Å². The van der Waals surface area contributed by atoms with Crippen molar-refractivity contribution in [3.63, 3.8) is 0 Å². The van der Waals surface area contributed by atoms with Crippen LogP contribution < -0.4 is 0 Å². The number of carboxylic acid groups (broad SMARTS) is 1. The van der Waals surface area contributed by atoms with Gasteiger partial charge in [-0.3, -0.25) is 4.79 Å². The molecular formula is C6H9F3O4. The minimum atomic E-state index is -4.71. The fourth-order valence-corrected chi connectivity index (χ4v) is 0.623. The summed E-state index contributed by atoms with van der Waals surface area (Å²) in [6, 6.07) is 0. The standard InChI is InChI=1S/C6H9F3O4/c7-6(8,9)4(3-5(11)12)13-2-1-10/h4,10H,1-3H2,(H,11,12). The zero-order chi connectivity index (χ0) is 10.5. The zero-order valence-electron chi connectivity index (χ0n) is 6.54. The number of hydrogen-bond acceptors (Lipinski definition) is 3. The largest absolute Gasteiger partial charge is 0.481 e. The van der Waals surface area contributed by atoms with Crippen molar-refractivity contribution in [1.82, 2.24) is 0 Å². The maximum Gasteiger partial charge on any atom is 0.415 e. The number of aliphatic hydroxyl groups is 1. The second-order valence-corrected chi connectivity index (χ2v) is 2.22. The summed E-state index contributed by atoms with van der Waals surface area (Å²) >= 11 is 0. The van der Waals surface area contributed by atoms with Crippen molar-refractivity contribution in [2.75, 3.05) is 13.2 Å². The molecule has 0 aromatic heterocycles. The number of alkyl halides is 3. The Bertz CT molecular complexity index is 168. The van der Waals surface area contributed by atoms with Gasteiger partial charge in [-0.15, -0.1) is 0 Å². The third kappa shape index (κ3) is 5.42. The van der Waals surface area contributed by atoms with Crippen molar-refractivity contribution in [3.05, 3.63) is 0 Å². The van der Waals surface area contributed by atoms with E-state index >= 15 is 0 Å². The zero-order valence-corrected chi connectivity index (χ0v) is 6.54. The Labute approximate surface area is 71.9 Å². The van der Waals surface area contributed by atoms with Gasteiger partial charge in [0.2, 0.25) is 0 Å². The summed E-state index contributed by atoms with van der Waals surface area (Å²) in [6.07, 6.45) is -8.21. The van der Waals surface area contributed by atoms with Crippen LogP contribution in [-0.4, -0.2) is 41.7 Å². The van der Waals surface area contributed by atoms with Crippen LogP contribution in [0.3, 0.4) is 0 Å². The molecule has 0 fully saturated rings. The molecule has 78 valence electrons. The summed E-state index contributed by atoms with van der Waals surface area (Å²) in [5.74, 6) is -1.60. The van der Waals surface area contributed by atoms with Gasteiger partial charge < -0.3 is 14.9 Å². The highest BCUT2D eigenvalue weighted by molar-refractivity contribution is 5.67. The molecular weight excluding hydrogens is 193 g/mol. The Morgan fingerprint density at radius 1 is 1.46 bits per heavy atom. The first kappa shape index (κ1) is 12.2. The van der Waals surface area contributed by atoms with E-state index in [0.717, 1.165) is 0 Å². The maximum absolute atomic E-state index is 11.9. The Morgan fingerprint density at radius 2 is 2.00 bits per heavy atom. The van der Waals surface area contributed by atoms with Gasteiger partial charge in [0.05, 0.1) is 19.6 Å². The lowest BCUT2D eigenvalue weighted by Crippen LogP contribution is -2.34. The average Bonchev–Trinajstić information content (AvgIpc) is 1.95. The fraction of sp³-hybridized carbons (Fsp3) is 0.833. The van der Waals surface area contributed by atoms with Crippen LogP contribution in [-0.2, 0) is 9.53 Å². The highest BCUT2D eigenvalue weighted by Crippen LogP contribution is 2.25. The van der Waals surface area contributed by atoms with Crippen LogP contribution in [0.25, 0.3) is 0 Å². The third-order valence-electron chi connectivity index (χ3n) is 1.14. The summed E-state index contributed by atoms with van der Waals surface area (Å²) < 4.78 is 39.9. The van der Waals surface area contributed by atoms with Gasteiger partial charge in [0.15, 0.2) is 6.10 Å². The molecule has 0 saturated heterocycles. The fourth-order valence-electron chi connectivity index (χ4n) is 0.623. The number of aliphatic hydroxyl groups excluding tert-OH is 1. The molecule has 0 heterocycles. The van der Waals surface area contributed by atoms with Crippen LogP contribution in [0.5, 0.6) is 0 Å². The normalized spacial score (nSPS) is 14.2. The van der Waals surface area contributed by atoms with Crippen LogP contribution in [0, 0.1) is 0 Å². The van der Waals surface area contributed by atoms with E-state index < -0.39 is 37.9 Å². The molecule has 0 spiro atoms. The van der Waals surface area contributed by atoms with Crippen LogP contribution in [0.4, 0.5) is 13.2 Å². The second-order valence-electron chi connectivity index (χ2n) is 2.22. The maximum atomic E-state index is 11.9. The van der Waals surface area contributed by atoms with E-state index in [1.54, 1.807) is 0 Å². The highest BCUT2D eigenvalue weighted by atomic mass is 19.4. The van der Waals surface area contributed by atoms with Gasteiger partial charge in [0, 0.05) is 0 Å². The molecule has 4 nitrogen and oxygen atoms in total. The van der Waals surface area contributed by atoms with Gasteiger partial charge in [-0.1, -0.05) is 0 Å². The molecule has 7 heteroatoms. The van der Waals surface area contributed by atoms with Gasteiger partial charge in [-0.05, 0) is 0 Å². The van der Waals surface area contributed by atoms with E-state index in [2.05, 4.69) is 4.74 Å². The lowest BCUT2D eigenvalue weighted by Gasteiger charge is -2.18. The second kappa shape index (κ2) is 5.03. The number of rotatable bonds is 5. The number of carbonyl (C=O) groups is 1. The smallest absolute Gasteiger partial charge is 0.415 e. The van der Waals surface area contributed by atoms with Crippen LogP contribution >= 0.6 is 0 Å². The summed E-state index contributed by atoms with van der Waals surface area (Å²) in [7, 11) is 0. The van der Waals surface area contributed by atoms with E-state index in [9.17, 15) is 18.0 Å². The molecule has 0 aliphatic carbocycles. The van der Waals surface area contributed by atoms with Gasteiger partial charge in [0.25, 0.3) is 0 Å². The van der Waals surface area contributed by atoms with E-state index in [-0.39, 0.29) is 0 Å². The van der Waals surface area contributed by atoms with Gasteiger partial charge in [-0.2, -0.15) is 13.2 Å². The van der Waals surface area contributed by atoms with E-state index in [0.29, 0.717) is 0 Å². The van der Waals surface area contributed by atoms with Crippen molar-refractivity contribution in [3.8, 4) is 0 Å². The first-order valence-electron chi connectivity index (χ1n) is 3.39. The van der Waals surface area contributed by atoms with E-state index in [4.69, 9.17) is 10.2 Å². The SMILES string of the molecule is O=C(O)CC(OCCO)C(F)(F)F. The van der Waals surface area contributed by atoms with Crippen molar-refractivity contribution in [2.24, 2.45) is 0 Å². The quantitative estimate of drug-likeness (QED) is 0.677. The van der Waals surface area contributed by atoms with Gasteiger partial charge in [-0.25, -0.2) is 0 Å². The predicted octanol–water partition coefficient (Wildman–Crippen LogP) is 0.401.